The number of hydrogen-bond acceptors (Lipinski definition) is 3. The molecule has 0 saturated heterocycles. The van der Waals surface area contributed by atoms with E-state index < -0.39 is 5.82 Å². The summed E-state index contributed by atoms with van der Waals surface area (Å²) in [7, 11) is 0. The highest BCUT2D eigenvalue weighted by atomic mass is 79.9. The fourth-order valence-corrected chi connectivity index (χ4v) is 1.61. The van der Waals surface area contributed by atoms with Crippen LogP contribution in [0.25, 0.3) is 0 Å². The molecule has 1 aromatic heterocycles. The van der Waals surface area contributed by atoms with Crippen LogP contribution in [0.1, 0.15) is 11.4 Å². The van der Waals surface area contributed by atoms with Crippen molar-refractivity contribution in [3.8, 4) is 11.6 Å². The molecule has 1 heterocycles. The van der Waals surface area contributed by atoms with Crippen LogP contribution in [-0.2, 0) is 0 Å². The van der Waals surface area contributed by atoms with E-state index in [0.717, 1.165) is 10.2 Å². The number of rotatable bonds is 2. The first-order valence-corrected chi connectivity index (χ1v) is 5.78. The maximum atomic E-state index is 13.5. The van der Waals surface area contributed by atoms with Crippen LogP contribution in [0, 0.1) is 19.7 Å². The Labute approximate surface area is 107 Å². The number of halogens is 2. The van der Waals surface area contributed by atoms with Crippen molar-refractivity contribution in [2.24, 2.45) is 0 Å². The molecule has 0 N–H and O–H groups in total. The Hall–Kier alpha value is -1.49. The summed E-state index contributed by atoms with van der Waals surface area (Å²) in [4.78, 5) is 8.28. The van der Waals surface area contributed by atoms with Crippen molar-refractivity contribution in [3.05, 3.63) is 46.1 Å². The number of hydrogen-bond donors (Lipinski definition) is 0. The van der Waals surface area contributed by atoms with E-state index in [1.54, 1.807) is 32.2 Å². The molecule has 5 heteroatoms. The summed E-state index contributed by atoms with van der Waals surface area (Å²) in [5, 5.41) is 0. The van der Waals surface area contributed by atoms with Gasteiger partial charge in [-0.2, -0.15) is 0 Å². The molecule has 0 bridgehead atoms. The molecule has 0 unspecified atom stereocenters. The molecule has 0 aliphatic heterocycles. The van der Waals surface area contributed by atoms with Crippen molar-refractivity contribution in [1.82, 2.24) is 9.97 Å². The summed E-state index contributed by atoms with van der Waals surface area (Å²) in [5.74, 6) is 0.0141. The number of benzene rings is 1. The summed E-state index contributed by atoms with van der Waals surface area (Å²) in [6, 6.07) is 4.49. The predicted octanol–water partition coefficient (Wildman–Crippen LogP) is 3.79. The molecule has 0 fully saturated rings. The fraction of sp³-hybridized carbons (Fsp3) is 0.167. The zero-order valence-electron chi connectivity index (χ0n) is 9.37. The topological polar surface area (TPSA) is 35.0 Å². The Kier molecular flexibility index (Phi) is 3.38. The van der Waals surface area contributed by atoms with Crippen LogP contribution in [0.2, 0.25) is 0 Å². The fourth-order valence-electron chi connectivity index (χ4n) is 1.27. The molecule has 0 radical (unpaired) electrons. The maximum Gasteiger partial charge on any atom is 0.241 e. The molecular formula is C12H10BrFN2O. The van der Waals surface area contributed by atoms with Crippen molar-refractivity contribution < 1.29 is 9.13 Å². The lowest BCUT2D eigenvalue weighted by Gasteiger charge is -2.08. The highest BCUT2D eigenvalue weighted by Gasteiger charge is 2.09. The summed E-state index contributed by atoms with van der Waals surface area (Å²) in [5.41, 5.74) is 1.34. The Morgan fingerprint density at radius 3 is 2.82 bits per heavy atom. The average molecular weight is 297 g/mol. The largest absolute Gasteiger partial charge is 0.434 e. The minimum absolute atomic E-state index is 0.127. The van der Waals surface area contributed by atoms with Gasteiger partial charge in [0, 0.05) is 10.7 Å². The predicted molar refractivity (Wildman–Crippen MR) is 65.7 cm³/mol. The van der Waals surface area contributed by atoms with Gasteiger partial charge in [-0.15, -0.1) is 0 Å². The van der Waals surface area contributed by atoms with E-state index in [1.807, 2.05) is 0 Å². The quantitative estimate of drug-likeness (QED) is 0.846. The van der Waals surface area contributed by atoms with Crippen LogP contribution < -0.4 is 4.74 Å². The number of aryl methyl sites for hydroxylation is 2. The summed E-state index contributed by atoms with van der Waals surface area (Å²) >= 11 is 3.26. The zero-order chi connectivity index (χ0) is 12.4. The molecule has 0 aliphatic carbocycles. The molecule has 0 spiro atoms. The normalized spacial score (nSPS) is 10.4. The van der Waals surface area contributed by atoms with Crippen LogP contribution in [0.3, 0.4) is 0 Å². The van der Waals surface area contributed by atoms with Crippen molar-refractivity contribution in [3.63, 3.8) is 0 Å². The van der Waals surface area contributed by atoms with Gasteiger partial charge < -0.3 is 4.74 Å². The Morgan fingerprint density at radius 2 is 2.06 bits per heavy atom. The van der Waals surface area contributed by atoms with Gasteiger partial charge >= 0.3 is 0 Å². The first-order chi connectivity index (χ1) is 8.06. The zero-order valence-corrected chi connectivity index (χ0v) is 11.0. The lowest BCUT2D eigenvalue weighted by Crippen LogP contribution is -1.97. The second kappa shape index (κ2) is 4.79. The number of nitrogens with zero attached hydrogens (tertiary/aromatic N) is 2. The van der Waals surface area contributed by atoms with E-state index in [-0.39, 0.29) is 5.75 Å². The second-order valence-electron chi connectivity index (χ2n) is 3.58. The van der Waals surface area contributed by atoms with Gasteiger partial charge in [-0.1, -0.05) is 15.9 Å². The third kappa shape index (κ3) is 2.79. The standard InChI is InChI=1S/C12H10BrFN2O/c1-7-6-15-8(2)12(16-7)17-11-5-9(13)3-4-10(11)14/h3-6H,1-2H3. The summed E-state index contributed by atoms with van der Waals surface area (Å²) in [6.45, 7) is 3.56. The van der Waals surface area contributed by atoms with Gasteiger partial charge in [-0.25, -0.2) is 9.37 Å². The SMILES string of the molecule is Cc1cnc(C)c(Oc2cc(Br)ccc2F)n1. The monoisotopic (exact) mass is 296 g/mol. The Balaban J connectivity index is 2.37. The Bertz CT molecular complexity index is 511. The lowest BCUT2D eigenvalue weighted by atomic mass is 10.3. The first kappa shape index (κ1) is 12.0. The van der Waals surface area contributed by atoms with Crippen LogP contribution in [0.15, 0.2) is 28.9 Å². The van der Waals surface area contributed by atoms with E-state index in [4.69, 9.17) is 4.74 Å². The van der Waals surface area contributed by atoms with E-state index in [1.165, 1.54) is 6.07 Å². The van der Waals surface area contributed by atoms with Crippen molar-refractivity contribution in [2.45, 2.75) is 13.8 Å². The van der Waals surface area contributed by atoms with Crippen molar-refractivity contribution >= 4 is 15.9 Å². The highest BCUT2D eigenvalue weighted by molar-refractivity contribution is 9.10. The molecule has 17 heavy (non-hydrogen) atoms. The van der Waals surface area contributed by atoms with Crippen molar-refractivity contribution in [1.29, 1.82) is 0 Å². The highest BCUT2D eigenvalue weighted by Crippen LogP contribution is 2.27. The van der Waals surface area contributed by atoms with Crippen molar-refractivity contribution in [2.75, 3.05) is 0 Å². The van der Waals surface area contributed by atoms with Crippen LogP contribution in [-0.4, -0.2) is 9.97 Å². The first-order valence-electron chi connectivity index (χ1n) is 4.99. The molecule has 2 rings (SSSR count). The molecule has 3 nitrogen and oxygen atoms in total. The average Bonchev–Trinajstić information content (AvgIpc) is 2.28. The third-order valence-corrected chi connectivity index (χ3v) is 2.63. The molecule has 2 aromatic rings. The molecule has 0 amide bonds. The second-order valence-corrected chi connectivity index (χ2v) is 4.49. The lowest BCUT2D eigenvalue weighted by molar-refractivity contribution is 0.420. The summed E-state index contributed by atoms with van der Waals surface area (Å²) < 4.78 is 19.7. The molecular weight excluding hydrogens is 287 g/mol. The molecule has 88 valence electrons. The maximum absolute atomic E-state index is 13.5. The Morgan fingerprint density at radius 1 is 1.29 bits per heavy atom. The third-order valence-electron chi connectivity index (χ3n) is 2.13. The van der Waals surface area contributed by atoms with Crippen LogP contribution >= 0.6 is 15.9 Å². The van der Waals surface area contributed by atoms with E-state index in [0.29, 0.717) is 11.6 Å². The van der Waals surface area contributed by atoms with E-state index in [9.17, 15) is 4.39 Å². The molecule has 0 atom stereocenters. The van der Waals surface area contributed by atoms with Gasteiger partial charge in [0.25, 0.3) is 0 Å². The minimum atomic E-state index is -0.434. The van der Waals surface area contributed by atoms with Gasteiger partial charge in [0.15, 0.2) is 11.6 Å². The van der Waals surface area contributed by atoms with Gasteiger partial charge in [0.2, 0.25) is 5.88 Å². The van der Waals surface area contributed by atoms with Gasteiger partial charge in [-0.05, 0) is 32.0 Å². The molecule has 0 saturated carbocycles. The van der Waals surface area contributed by atoms with Crippen LogP contribution in [0.5, 0.6) is 11.6 Å². The van der Waals surface area contributed by atoms with Gasteiger partial charge in [0.1, 0.15) is 0 Å². The van der Waals surface area contributed by atoms with Crippen LogP contribution in [0.4, 0.5) is 4.39 Å². The number of ether oxygens (including phenoxy) is 1. The molecule has 1 aromatic carbocycles. The smallest absolute Gasteiger partial charge is 0.241 e. The number of aromatic nitrogens is 2. The van der Waals surface area contributed by atoms with Gasteiger partial charge in [0.05, 0.1) is 11.4 Å². The van der Waals surface area contributed by atoms with E-state index in [2.05, 4.69) is 25.9 Å². The van der Waals surface area contributed by atoms with E-state index >= 15 is 0 Å². The summed E-state index contributed by atoms with van der Waals surface area (Å²) in [6.07, 6.45) is 1.64. The minimum Gasteiger partial charge on any atom is -0.434 e. The van der Waals surface area contributed by atoms with Gasteiger partial charge in [-0.3, -0.25) is 4.98 Å². The molecule has 0 aliphatic rings.